The van der Waals surface area contributed by atoms with Gasteiger partial charge in [-0.05, 0) is 25.5 Å². The van der Waals surface area contributed by atoms with E-state index in [9.17, 15) is 4.79 Å². The Kier molecular flexibility index (Phi) is 7.01. The molecule has 1 rings (SSSR count). The van der Waals surface area contributed by atoms with Gasteiger partial charge in [-0.1, -0.05) is 19.9 Å². The average molecular weight is 278 g/mol. The van der Waals surface area contributed by atoms with Crippen molar-refractivity contribution < 1.29 is 4.79 Å². The van der Waals surface area contributed by atoms with Gasteiger partial charge >= 0.3 is 0 Å². The Hall–Kier alpha value is -1.62. The number of likely N-dealkylation sites (N-methyl/N-ethyl adjacent to an activating group) is 2. The summed E-state index contributed by atoms with van der Waals surface area (Å²) in [4.78, 5) is 18.0. The van der Waals surface area contributed by atoms with Gasteiger partial charge in [0.25, 0.3) is 0 Å². The lowest BCUT2D eigenvalue weighted by Crippen LogP contribution is -2.36. The quantitative estimate of drug-likeness (QED) is 0.755. The van der Waals surface area contributed by atoms with Gasteiger partial charge < -0.3 is 15.5 Å². The third kappa shape index (κ3) is 5.17. The van der Waals surface area contributed by atoms with E-state index in [-0.39, 0.29) is 5.91 Å². The zero-order valence-corrected chi connectivity index (χ0v) is 12.9. The van der Waals surface area contributed by atoms with Crippen molar-refractivity contribution in [3.05, 3.63) is 23.9 Å². The van der Waals surface area contributed by atoms with Crippen LogP contribution in [0, 0.1) is 5.92 Å². The van der Waals surface area contributed by atoms with Crippen molar-refractivity contribution >= 4 is 11.7 Å². The highest BCUT2D eigenvalue weighted by molar-refractivity contribution is 5.80. The Morgan fingerprint density at radius 3 is 2.80 bits per heavy atom. The fourth-order valence-corrected chi connectivity index (χ4v) is 1.94. The summed E-state index contributed by atoms with van der Waals surface area (Å²) < 4.78 is 0. The molecule has 1 heterocycles. The molecule has 0 saturated heterocycles. The molecule has 1 aromatic heterocycles. The molecular formula is C15H26N4O. The SMILES string of the molecule is CCN(CC(=O)NC)c1ncccc1CNCC(C)C. The van der Waals surface area contributed by atoms with Gasteiger partial charge in [0.1, 0.15) is 5.82 Å². The molecule has 0 saturated carbocycles. The second-order valence-corrected chi connectivity index (χ2v) is 5.20. The molecule has 0 fully saturated rings. The number of pyridine rings is 1. The number of amides is 1. The molecule has 112 valence electrons. The van der Waals surface area contributed by atoms with Crippen molar-refractivity contribution in [2.45, 2.75) is 27.3 Å². The Morgan fingerprint density at radius 2 is 2.20 bits per heavy atom. The lowest BCUT2D eigenvalue weighted by Gasteiger charge is -2.23. The summed E-state index contributed by atoms with van der Waals surface area (Å²) >= 11 is 0. The zero-order chi connectivity index (χ0) is 15.0. The number of nitrogens with zero attached hydrogens (tertiary/aromatic N) is 2. The number of anilines is 1. The van der Waals surface area contributed by atoms with Crippen molar-refractivity contribution in [1.82, 2.24) is 15.6 Å². The first kappa shape index (κ1) is 16.4. The molecule has 5 nitrogen and oxygen atoms in total. The van der Waals surface area contributed by atoms with E-state index >= 15 is 0 Å². The topological polar surface area (TPSA) is 57.3 Å². The smallest absolute Gasteiger partial charge is 0.239 e. The van der Waals surface area contributed by atoms with Crippen molar-refractivity contribution in [2.24, 2.45) is 5.92 Å². The predicted octanol–water partition coefficient (Wildman–Crippen LogP) is 1.40. The molecule has 0 aliphatic carbocycles. The lowest BCUT2D eigenvalue weighted by atomic mass is 10.2. The molecule has 0 aromatic carbocycles. The Morgan fingerprint density at radius 1 is 1.45 bits per heavy atom. The minimum Gasteiger partial charge on any atom is -0.358 e. The maximum Gasteiger partial charge on any atom is 0.239 e. The number of rotatable bonds is 8. The van der Waals surface area contributed by atoms with Gasteiger partial charge in [0.2, 0.25) is 5.91 Å². The van der Waals surface area contributed by atoms with Crippen LogP contribution in [-0.4, -0.2) is 37.6 Å². The number of aromatic nitrogens is 1. The van der Waals surface area contributed by atoms with Crippen LogP contribution in [0.4, 0.5) is 5.82 Å². The molecule has 1 amide bonds. The highest BCUT2D eigenvalue weighted by Crippen LogP contribution is 2.16. The van der Waals surface area contributed by atoms with Crippen LogP contribution in [0.25, 0.3) is 0 Å². The first-order valence-corrected chi connectivity index (χ1v) is 7.18. The van der Waals surface area contributed by atoms with Crippen LogP contribution in [0.2, 0.25) is 0 Å². The van der Waals surface area contributed by atoms with Crippen LogP contribution >= 0.6 is 0 Å². The van der Waals surface area contributed by atoms with Crippen molar-refractivity contribution in [1.29, 1.82) is 0 Å². The van der Waals surface area contributed by atoms with Gasteiger partial charge in [-0.25, -0.2) is 4.98 Å². The summed E-state index contributed by atoms with van der Waals surface area (Å²) in [5, 5.41) is 6.07. The number of carbonyl (C=O) groups is 1. The van der Waals surface area contributed by atoms with Gasteiger partial charge in [0.15, 0.2) is 0 Å². The summed E-state index contributed by atoms with van der Waals surface area (Å²) in [5.74, 6) is 1.50. The molecule has 5 heteroatoms. The monoisotopic (exact) mass is 278 g/mol. The first-order valence-electron chi connectivity index (χ1n) is 7.18. The third-order valence-electron chi connectivity index (χ3n) is 3.03. The van der Waals surface area contributed by atoms with Crippen LogP contribution in [-0.2, 0) is 11.3 Å². The van der Waals surface area contributed by atoms with Crippen molar-refractivity contribution in [2.75, 3.05) is 31.6 Å². The van der Waals surface area contributed by atoms with Gasteiger partial charge in [0, 0.05) is 31.9 Å². The fraction of sp³-hybridized carbons (Fsp3) is 0.600. The molecule has 0 unspecified atom stereocenters. The van der Waals surface area contributed by atoms with Gasteiger partial charge in [-0.2, -0.15) is 0 Å². The minimum absolute atomic E-state index is 0.00130. The van der Waals surface area contributed by atoms with E-state index in [1.165, 1.54) is 0 Å². The minimum atomic E-state index is -0.00130. The van der Waals surface area contributed by atoms with E-state index < -0.39 is 0 Å². The van der Waals surface area contributed by atoms with Crippen LogP contribution in [0.3, 0.4) is 0 Å². The van der Waals surface area contributed by atoms with E-state index in [0.29, 0.717) is 12.5 Å². The molecule has 0 aliphatic heterocycles. The highest BCUT2D eigenvalue weighted by Gasteiger charge is 2.13. The Labute approximate surface area is 121 Å². The van der Waals surface area contributed by atoms with Crippen LogP contribution in [0.15, 0.2) is 18.3 Å². The Balaban J connectivity index is 2.78. The molecule has 0 aliphatic rings. The van der Waals surface area contributed by atoms with Crippen LogP contribution < -0.4 is 15.5 Å². The van der Waals surface area contributed by atoms with E-state index in [0.717, 1.165) is 31.0 Å². The summed E-state index contributed by atoms with van der Waals surface area (Å²) in [6.07, 6.45) is 1.77. The average Bonchev–Trinajstić information content (AvgIpc) is 2.44. The molecular weight excluding hydrogens is 252 g/mol. The van der Waals surface area contributed by atoms with Crippen LogP contribution in [0.1, 0.15) is 26.3 Å². The summed E-state index contributed by atoms with van der Waals surface area (Å²) in [7, 11) is 1.65. The highest BCUT2D eigenvalue weighted by atomic mass is 16.1. The van der Waals surface area contributed by atoms with Crippen molar-refractivity contribution in [3.8, 4) is 0 Å². The largest absolute Gasteiger partial charge is 0.358 e. The standard InChI is InChI=1S/C15H26N4O/c1-5-19(11-14(20)16-4)15-13(7-6-8-18-15)10-17-9-12(2)3/h6-8,12,17H,5,9-11H2,1-4H3,(H,16,20). The molecule has 0 atom stereocenters. The normalized spacial score (nSPS) is 10.7. The van der Waals surface area contributed by atoms with E-state index in [1.54, 1.807) is 13.2 Å². The predicted molar refractivity (Wildman–Crippen MR) is 82.7 cm³/mol. The van der Waals surface area contributed by atoms with E-state index in [2.05, 4.69) is 35.5 Å². The van der Waals surface area contributed by atoms with Crippen molar-refractivity contribution in [3.63, 3.8) is 0 Å². The second kappa shape index (κ2) is 8.53. The molecule has 2 N–H and O–H groups in total. The maximum absolute atomic E-state index is 11.6. The summed E-state index contributed by atoms with van der Waals surface area (Å²) in [6.45, 7) is 9.22. The molecule has 0 radical (unpaired) electrons. The van der Waals surface area contributed by atoms with Gasteiger partial charge in [0.05, 0.1) is 6.54 Å². The first-order chi connectivity index (χ1) is 9.58. The summed E-state index contributed by atoms with van der Waals surface area (Å²) in [5.41, 5.74) is 1.12. The van der Waals surface area contributed by atoms with Gasteiger partial charge in [-0.3, -0.25) is 4.79 Å². The number of carbonyl (C=O) groups excluding carboxylic acids is 1. The maximum atomic E-state index is 11.6. The van der Waals surface area contributed by atoms with Crippen LogP contribution in [0.5, 0.6) is 0 Å². The number of hydrogen-bond donors (Lipinski definition) is 2. The lowest BCUT2D eigenvalue weighted by molar-refractivity contribution is -0.119. The fourth-order valence-electron chi connectivity index (χ4n) is 1.94. The number of nitrogens with one attached hydrogen (secondary N) is 2. The second-order valence-electron chi connectivity index (χ2n) is 5.20. The summed E-state index contributed by atoms with van der Waals surface area (Å²) in [6, 6.07) is 3.99. The molecule has 0 spiro atoms. The molecule has 0 bridgehead atoms. The molecule has 1 aromatic rings. The van der Waals surface area contributed by atoms with Gasteiger partial charge in [-0.15, -0.1) is 0 Å². The molecule has 20 heavy (non-hydrogen) atoms. The zero-order valence-electron chi connectivity index (χ0n) is 12.9. The number of hydrogen-bond acceptors (Lipinski definition) is 4. The van der Waals surface area contributed by atoms with E-state index in [4.69, 9.17) is 0 Å². The van der Waals surface area contributed by atoms with E-state index in [1.807, 2.05) is 17.9 Å². The Bertz CT molecular complexity index is 420. The third-order valence-corrected chi connectivity index (χ3v) is 3.03.